The minimum atomic E-state index is 0. The third-order valence-electron chi connectivity index (χ3n) is 2.98. The number of nitrogens with one attached hydrogen (secondary N) is 1. The monoisotopic (exact) mass is 352 g/mol. The molecule has 1 unspecified atom stereocenters. The largest absolute Gasteiger partial charge is 0.334 e. The molecule has 0 aromatic carbocycles. The number of carbonyl (C=O) groups is 1. The predicted molar refractivity (Wildman–Crippen MR) is 81.9 cm³/mol. The van der Waals surface area contributed by atoms with Crippen LogP contribution in [0.25, 0.3) is 0 Å². The Labute approximate surface area is 126 Å². The Kier molecular flexibility index (Phi) is 6.63. The van der Waals surface area contributed by atoms with E-state index in [1.165, 1.54) is 11.3 Å². The van der Waals surface area contributed by atoms with Crippen LogP contribution in [0.4, 0.5) is 0 Å². The van der Waals surface area contributed by atoms with E-state index < -0.39 is 0 Å². The van der Waals surface area contributed by atoms with Crippen molar-refractivity contribution in [2.45, 2.75) is 25.8 Å². The van der Waals surface area contributed by atoms with Gasteiger partial charge in [0.05, 0.1) is 8.66 Å². The lowest BCUT2D eigenvalue weighted by atomic mass is 10.2. The van der Waals surface area contributed by atoms with Crippen LogP contribution in [0.15, 0.2) is 15.9 Å². The van der Waals surface area contributed by atoms with Gasteiger partial charge in [0, 0.05) is 19.1 Å². The van der Waals surface area contributed by atoms with Crippen molar-refractivity contribution in [2.75, 3.05) is 19.6 Å². The summed E-state index contributed by atoms with van der Waals surface area (Å²) < 4.78 is 1.02. The summed E-state index contributed by atoms with van der Waals surface area (Å²) in [6.07, 6.45) is 2.08. The molecule has 1 aromatic rings. The van der Waals surface area contributed by atoms with Crippen LogP contribution in [-0.2, 0) is 0 Å². The Bertz CT molecular complexity index is 393. The molecule has 1 aliphatic heterocycles. The standard InChI is InChI=1S/C12H17BrN2OS.ClH/c1-2-7-15(9-5-6-14-8-9)12(16)10-3-4-11(13)17-10;/h3-4,9,14H,2,5-8H2,1H3;1H. The summed E-state index contributed by atoms with van der Waals surface area (Å²) in [5.41, 5.74) is 0. The topological polar surface area (TPSA) is 32.3 Å². The van der Waals surface area contributed by atoms with Gasteiger partial charge in [0.25, 0.3) is 5.91 Å². The lowest BCUT2D eigenvalue weighted by Gasteiger charge is -2.27. The van der Waals surface area contributed by atoms with Crippen molar-refractivity contribution in [1.29, 1.82) is 0 Å². The minimum absolute atomic E-state index is 0. The highest BCUT2D eigenvalue weighted by atomic mass is 79.9. The molecular formula is C12H18BrClN2OS. The van der Waals surface area contributed by atoms with E-state index in [1.54, 1.807) is 0 Å². The van der Waals surface area contributed by atoms with Crippen molar-refractivity contribution in [1.82, 2.24) is 10.2 Å². The number of hydrogen-bond acceptors (Lipinski definition) is 3. The number of carbonyl (C=O) groups excluding carboxylic acids is 1. The first-order valence-corrected chi connectivity index (χ1v) is 7.60. The van der Waals surface area contributed by atoms with Crippen LogP contribution in [0.3, 0.4) is 0 Å². The smallest absolute Gasteiger partial charge is 0.264 e. The summed E-state index contributed by atoms with van der Waals surface area (Å²) >= 11 is 4.92. The number of thiophene rings is 1. The van der Waals surface area contributed by atoms with Gasteiger partial charge in [-0.15, -0.1) is 23.7 Å². The average molecular weight is 354 g/mol. The van der Waals surface area contributed by atoms with Gasteiger partial charge < -0.3 is 10.2 Å². The first-order valence-electron chi connectivity index (χ1n) is 5.99. The first kappa shape index (κ1) is 16.0. The molecule has 1 amide bonds. The summed E-state index contributed by atoms with van der Waals surface area (Å²) in [5, 5.41) is 3.32. The molecule has 0 spiro atoms. The number of halogens is 2. The van der Waals surface area contributed by atoms with Crippen molar-refractivity contribution in [3.8, 4) is 0 Å². The first-order chi connectivity index (χ1) is 8.22. The second kappa shape index (κ2) is 7.48. The van der Waals surface area contributed by atoms with Gasteiger partial charge in [-0.3, -0.25) is 4.79 Å². The van der Waals surface area contributed by atoms with E-state index in [4.69, 9.17) is 0 Å². The van der Waals surface area contributed by atoms with Gasteiger partial charge >= 0.3 is 0 Å². The quantitative estimate of drug-likeness (QED) is 0.902. The predicted octanol–water partition coefficient (Wildman–Crippen LogP) is 3.15. The highest BCUT2D eigenvalue weighted by Crippen LogP contribution is 2.24. The zero-order valence-corrected chi connectivity index (χ0v) is 13.5. The Balaban J connectivity index is 0.00000162. The summed E-state index contributed by atoms with van der Waals surface area (Å²) in [7, 11) is 0. The van der Waals surface area contributed by atoms with Gasteiger partial charge in [-0.25, -0.2) is 0 Å². The molecule has 2 rings (SSSR count). The molecule has 1 N–H and O–H groups in total. The highest BCUT2D eigenvalue weighted by Gasteiger charge is 2.27. The molecular weight excluding hydrogens is 336 g/mol. The maximum Gasteiger partial charge on any atom is 0.264 e. The zero-order chi connectivity index (χ0) is 12.3. The third kappa shape index (κ3) is 3.70. The summed E-state index contributed by atoms with van der Waals surface area (Å²) in [6, 6.07) is 4.21. The lowest BCUT2D eigenvalue weighted by Crippen LogP contribution is -2.41. The fourth-order valence-corrected chi connectivity index (χ4v) is 3.51. The van der Waals surface area contributed by atoms with Gasteiger partial charge in [0.15, 0.2) is 0 Å². The number of rotatable bonds is 4. The summed E-state index contributed by atoms with van der Waals surface area (Å²) in [6.45, 7) is 4.91. The van der Waals surface area contributed by atoms with Crippen LogP contribution < -0.4 is 5.32 Å². The van der Waals surface area contributed by atoms with E-state index in [2.05, 4.69) is 28.2 Å². The third-order valence-corrected chi connectivity index (χ3v) is 4.60. The van der Waals surface area contributed by atoms with Gasteiger partial charge in [-0.1, -0.05) is 6.92 Å². The van der Waals surface area contributed by atoms with E-state index in [1.807, 2.05) is 17.0 Å². The Hall–Kier alpha value is -0.100. The Morgan fingerprint density at radius 3 is 2.89 bits per heavy atom. The maximum absolute atomic E-state index is 12.4. The molecule has 0 radical (unpaired) electrons. The SMILES string of the molecule is CCCN(C(=O)c1ccc(Br)s1)C1CCNC1.Cl. The molecule has 0 saturated carbocycles. The summed E-state index contributed by atoms with van der Waals surface area (Å²) in [4.78, 5) is 15.3. The normalized spacial score (nSPS) is 18.4. The average Bonchev–Trinajstić information content (AvgIpc) is 2.95. The Morgan fingerprint density at radius 2 is 2.39 bits per heavy atom. The molecule has 1 saturated heterocycles. The number of amides is 1. The molecule has 6 heteroatoms. The number of hydrogen-bond donors (Lipinski definition) is 1. The van der Waals surface area contributed by atoms with E-state index in [0.29, 0.717) is 6.04 Å². The van der Waals surface area contributed by atoms with Gasteiger partial charge in [-0.05, 0) is 47.4 Å². The molecule has 102 valence electrons. The lowest BCUT2D eigenvalue weighted by molar-refractivity contribution is 0.0697. The van der Waals surface area contributed by atoms with Crippen LogP contribution in [0, 0.1) is 0 Å². The highest BCUT2D eigenvalue weighted by molar-refractivity contribution is 9.11. The number of nitrogens with zero attached hydrogens (tertiary/aromatic N) is 1. The molecule has 1 aromatic heterocycles. The summed E-state index contributed by atoms with van der Waals surface area (Å²) in [5.74, 6) is 0.177. The molecule has 1 atom stereocenters. The van der Waals surface area contributed by atoms with Crippen LogP contribution in [-0.4, -0.2) is 36.5 Å². The van der Waals surface area contributed by atoms with Gasteiger partial charge in [-0.2, -0.15) is 0 Å². The molecule has 2 heterocycles. The maximum atomic E-state index is 12.4. The fourth-order valence-electron chi connectivity index (χ4n) is 2.17. The molecule has 0 aliphatic carbocycles. The van der Waals surface area contributed by atoms with Crippen molar-refractivity contribution < 1.29 is 4.79 Å². The zero-order valence-electron chi connectivity index (χ0n) is 10.3. The van der Waals surface area contributed by atoms with Crippen LogP contribution in [0.1, 0.15) is 29.4 Å². The van der Waals surface area contributed by atoms with E-state index in [0.717, 1.165) is 41.1 Å². The minimum Gasteiger partial charge on any atom is -0.334 e. The van der Waals surface area contributed by atoms with Crippen LogP contribution in [0.5, 0.6) is 0 Å². The van der Waals surface area contributed by atoms with Crippen molar-refractivity contribution in [2.24, 2.45) is 0 Å². The molecule has 1 aliphatic rings. The Morgan fingerprint density at radius 1 is 1.61 bits per heavy atom. The van der Waals surface area contributed by atoms with Crippen LogP contribution >= 0.6 is 39.7 Å². The van der Waals surface area contributed by atoms with E-state index in [-0.39, 0.29) is 18.3 Å². The van der Waals surface area contributed by atoms with Gasteiger partial charge in [0.1, 0.15) is 0 Å². The fraction of sp³-hybridized carbons (Fsp3) is 0.583. The molecule has 1 fully saturated rings. The second-order valence-corrected chi connectivity index (χ2v) is 6.71. The van der Waals surface area contributed by atoms with Crippen molar-refractivity contribution in [3.63, 3.8) is 0 Å². The molecule has 3 nitrogen and oxygen atoms in total. The van der Waals surface area contributed by atoms with Gasteiger partial charge in [0.2, 0.25) is 0 Å². The van der Waals surface area contributed by atoms with E-state index in [9.17, 15) is 4.79 Å². The van der Waals surface area contributed by atoms with E-state index >= 15 is 0 Å². The second-order valence-electron chi connectivity index (χ2n) is 4.25. The molecule has 18 heavy (non-hydrogen) atoms. The van der Waals surface area contributed by atoms with Crippen molar-refractivity contribution in [3.05, 3.63) is 20.8 Å². The molecule has 0 bridgehead atoms. The van der Waals surface area contributed by atoms with Crippen molar-refractivity contribution >= 4 is 45.6 Å². The van der Waals surface area contributed by atoms with Crippen LogP contribution in [0.2, 0.25) is 0 Å².